The first-order chi connectivity index (χ1) is 19.3. The fourth-order valence-corrected chi connectivity index (χ4v) is 4.60. The van der Waals surface area contributed by atoms with E-state index in [9.17, 15) is 46.0 Å². The van der Waals surface area contributed by atoms with Crippen molar-refractivity contribution in [3.63, 3.8) is 0 Å². The van der Waals surface area contributed by atoms with E-state index in [-0.39, 0.29) is 6.61 Å². The second kappa shape index (κ2) is 14.2. The third-order valence-corrected chi connectivity index (χ3v) is 7.01. The molecule has 3 aliphatic rings. The van der Waals surface area contributed by atoms with Crippen molar-refractivity contribution in [1.29, 1.82) is 0 Å². The normalized spacial score (nSPS) is 45.6. The van der Waals surface area contributed by atoms with E-state index in [4.69, 9.17) is 33.2 Å². The monoisotopic (exact) mass is 616 g/mol. The van der Waals surface area contributed by atoms with Crippen LogP contribution in [0.3, 0.4) is 0 Å². The predicted octanol–water partition coefficient (Wildman–Crippen LogP) is -3.93. The van der Waals surface area contributed by atoms with Gasteiger partial charge in [-0.15, -0.1) is 0 Å². The minimum absolute atomic E-state index is 0.125. The summed E-state index contributed by atoms with van der Waals surface area (Å²) in [6.07, 6.45) is -22.8. The molecule has 9 N–H and O–H groups in total. The van der Waals surface area contributed by atoms with Gasteiger partial charge in [-0.3, -0.25) is 0 Å². The SMILES string of the molecule is CC(C)(C)OCC1OC(OCC2OC(OCC3OC(OC(C)(C)C)C(O)C(O)C3O)C(O)C(O)C2O)C(O)C(O)C1O. The van der Waals surface area contributed by atoms with E-state index in [1.54, 1.807) is 41.5 Å². The van der Waals surface area contributed by atoms with Gasteiger partial charge in [0.25, 0.3) is 0 Å². The number of rotatable bonds is 9. The van der Waals surface area contributed by atoms with Crippen LogP contribution in [0.1, 0.15) is 41.5 Å². The minimum Gasteiger partial charge on any atom is -0.387 e. The quantitative estimate of drug-likeness (QED) is 0.120. The summed E-state index contributed by atoms with van der Waals surface area (Å²) in [5.74, 6) is 0. The first-order valence-electron chi connectivity index (χ1n) is 13.9. The molecular formula is C26H48O16. The molecular weight excluding hydrogens is 568 g/mol. The van der Waals surface area contributed by atoms with Crippen molar-refractivity contribution in [3.8, 4) is 0 Å². The zero-order valence-electron chi connectivity index (χ0n) is 24.7. The minimum atomic E-state index is -1.77. The lowest BCUT2D eigenvalue weighted by Gasteiger charge is -2.44. The molecule has 3 rings (SSSR count). The van der Waals surface area contributed by atoms with Crippen molar-refractivity contribution < 1.29 is 79.1 Å². The Morgan fingerprint density at radius 1 is 0.429 bits per heavy atom. The van der Waals surface area contributed by atoms with Gasteiger partial charge in [0.05, 0.1) is 31.0 Å². The van der Waals surface area contributed by atoms with Gasteiger partial charge in [-0.05, 0) is 41.5 Å². The van der Waals surface area contributed by atoms with Gasteiger partial charge >= 0.3 is 0 Å². The van der Waals surface area contributed by atoms with E-state index in [2.05, 4.69) is 0 Å². The maximum Gasteiger partial charge on any atom is 0.187 e. The van der Waals surface area contributed by atoms with Crippen molar-refractivity contribution in [3.05, 3.63) is 0 Å². The number of hydrogen-bond acceptors (Lipinski definition) is 16. The second-order valence-electron chi connectivity index (χ2n) is 12.9. The highest BCUT2D eigenvalue weighted by atomic mass is 16.7. The zero-order valence-corrected chi connectivity index (χ0v) is 24.7. The molecule has 0 aromatic rings. The molecule has 0 saturated carbocycles. The molecule has 42 heavy (non-hydrogen) atoms. The highest BCUT2D eigenvalue weighted by Gasteiger charge is 2.49. The molecule has 16 nitrogen and oxygen atoms in total. The number of ether oxygens (including phenoxy) is 7. The molecule has 0 bridgehead atoms. The smallest absolute Gasteiger partial charge is 0.187 e. The Morgan fingerprint density at radius 3 is 1.12 bits per heavy atom. The van der Waals surface area contributed by atoms with Crippen LogP contribution in [0.25, 0.3) is 0 Å². The van der Waals surface area contributed by atoms with Crippen LogP contribution in [0.4, 0.5) is 0 Å². The largest absolute Gasteiger partial charge is 0.387 e. The van der Waals surface area contributed by atoms with Crippen LogP contribution in [-0.4, -0.2) is 169 Å². The number of hydrogen-bond donors (Lipinski definition) is 9. The molecule has 16 heteroatoms. The van der Waals surface area contributed by atoms with Gasteiger partial charge < -0.3 is 79.1 Å². The van der Waals surface area contributed by atoms with Gasteiger partial charge in [-0.1, -0.05) is 0 Å². The van der Waals surface area contributed by atoms with Gasteiger partial charge in [0.1, 0.15) is 73.2 Å². The summed E-state index contributed by atoms with van der Waals surface area (Å²) >= 11 is 0. The standard InChI is InChI=1S/C26H48O16/c1-25(2,3)38-9-12-15(29)17(31)20(34)23(40-12)36-7-10-13(27)16(30)19(33)22(39-10)37-8-11-14(28)18(32)21(35)24(41-11)42-26(4,5)6/h10-24,27-35H,7-9H2,1-6H3. The summed E-state index contributed by atoms with van der Waals surface area (Å²) in [6, 6.07) is 0. The molecule has 248 valence electrons. The lowest BCUT2D eigenvalue weighted by Crippen LogP contribution is -2.63. The van der Waals surface area contributed by atoms with E-state index >= 15 is 0 Å². The molecule has 0 spiro atoms. The van der Waals surface area contributed by atoms with Gasteiger partial charge in [-0.25, -0.2) is 0 Å². The van der Waals surface area contributed by atoms with Crippen LogP contribution in [0.2, 0.25) is 0 Å². The Kier molecular flexibility index (Phi) is 12.1. The van der Waals surface area contributed by atoms with Crippen LogP contribution < -0.4 is 0 Å². The fraction of sp³-hybridized carbons (Fsp3) is 1.00. The first kappa shape index (κ1) is 35.8. The summed E-state index contributed by atoms with van der Waals surface area (Å²) in [4.78, 5) is 0. The molecule has 3 aliphatic heterocycles. The van der Waals surface area contributed by atoms with E-state index in [1.165, 1.54) is 0 Å². The summed E-state index contributed by atoms with van der Waals surface area (Å²) in [7, 11) is 0. The maximum atomic E-state index is 10.5. The van der Waals surface area contributed by atoms with Crippen LogP contribution in [-0.2, 0) is 33.2 Å². The Morgan fingerprint density at radius 2 is 0.762 bits per heavy atom. The number of aliphatic hydroxyl groups is 9. The molecule has 15 atom stereocenters. The lowest BCUT2D eigenvalue weighted by molar-refractivity contribution is -0.348. The summed E-state index contributed by atoms with van der Waals surface area (Å²) in [5, 5.41) is 93.2. The highest BCUT2D eigenvalue weighted by Crippen LogP contribution is 2.29. The number of aliphatic hydroxyl groups excluding tert-OH is 9. The Hall–Kier alpha value is -0.640. The molecule has 3 saturated heterocycles. The van der Waals surface area contributed by atoms with Crippen molar-refractivity contribution in [2.24, 2.45) is 0 Å². The van der Waals surface area contributed by atoms with Crippen LogP contribution in [0.5, 0.6) is 0 Å². The van der Waals surface area contributed by atoms with Crippen LogP contribution in [0.15, 0.2) is 0 Å². The molecule has 0 amide bonds. The Bertz CT molecular complexity index is 834. The molecule has 0 aromatic heterocycles. The molecule has 0 aliphatic carbocycles. The van der Waals surface area contributed by atoms with Crippen molar-refractivity contribution in [1.82, 2.24) is 0 Å². The second-order valence-corrected chi connectivity index (χ2v) is 12.9. The van der Waals surface area contributed by atoms with E-state index in [1.807, 2.05) is 0 Å². The topological polar surface area (TPSA) is 247 Å². The van der Waals surface area contributed by atoms with Crippen LogP contribution >= 0.6 is 0 Å². The van der Waals surface area contributed by atoms with Crippen molar-refractivity contribution >= 4 is 0 Å². The Balaban J connectivity index is 1.61. The predicted molar refractivity (Wildman–Crippen MR) is 138 cm³/mol. The van der Waals surface area contributed by atoms with Crippen molar-refractivity contribution in [2.45, 2.75) is 145 Å². The molecule has 3 heterocycles. The first-order valence-corrected chi connectivity index (χ1v) is 13.9. The molecule has 15 unspecified atom stereocenters. The van der Waals surface area contributed by atoms with E-state index in [0.717, 1.165) is 0 Å². The lowest BCUT2D eigenvalue weighted by atomic mass is 9.98. The van der Waals surface area contributed by atoms with Gasteiger partial charge in [0.2, 0.25) is 0 Å². The van der Waals surface area contributed by atoms with Gasteiger partial charge in [-0.2, -0.15) is 0 Å². The average Bonchev–Trinajstić information content (AvgIpc) is 2.89. The summed E-state index contributed by atoms with van der Waals surface area (Å²) < 4.78 is 39.1. The summed E-state index contributed by atoms with van der Waals surface area (Å²) in [5.41, 5.74) is -1.35. The average molecular weight is 617 g/mol. The van der Waals surface area contributed by atoms with Gasteiger partial charge in [0.15, 0.2) is 18.9 Å². The van der Waals surface area contributed by atoms with Gasteiger partial charge in [0, 0.05) is 0 Å². The highest BCUT2D eigenvalue weighted by molar-refractivity contribution is 4.93. The van der Waals surface area contributed by atoms with E-state index < -0.39 is 117 Å². The van der Waals surface area contributed by atoms with Crippen LogP contribution in [0, 0.1) is 0 Å². The molecule has 0 radical (unpaired) electrons. The van der Waals surface area contributed by atoms with Crippen molar-refractivity contribution in [2.75, 3.05) is 19.8 Å². The third kappa shape index (κ3) is 8.97. The third-order valence-electron chi connectivity index (χ3n) is 7.01. The van der Waals surface area contributed by atoms with E-state index in [0.29, 0.717) is 0 Å². The molecule has 0 aromatic carbocycles. The fourth-order valence-electron chi connectivity index (χ4n) is 4.60. The molecule has 3 fully saturated rings. The summed E-state index contributed by atoms with van der Waals surface area (Å²) in [6.45, 7) is 9.33. The maximum absolute atomic E-state index is 10.5. The Labute approximate surface area is 244 Å². The zero-order chi connectivity index (χ0) is 31.7.